The number of methoxy groups -OCH3 is 1. The summed E-state index contributed by atoms with van der Waals surface area (Å²) in [6.45, 7) is 2.32. The van der Waals surface area contributed by atoms with E-state index < -0.39 is 0 Å². The molecule has 20 heavy (non-hydrogen) atoms. The van der Waals surface area contributed by atoms with Crippen molar-refractivity contribution in [1.29, 1.82) is 0 Å². The van der Waals surface area contributed by atoms with Gasteiger partial charge in [0.05, 0.1) is 17.5 Å². The Kier molecular flexibility index (Phi) is 5.03. The van der Waals surface area contributed by atoms with E-state index in [2.05, 4.69) is 10.6 Å². The summed E-state index contributed by atoms with van der Waals surface area (Å²) in [5.41, 5.74) is 0.812. The summed E-state index contributed by atoms with van der Waals surface area (Å²) in [5.74, 6) is -0.259. The van der Waals surface area contributed by atoms with Crippen LogP contribution in [0.3, 0.4) is 0 Å². The molecule has 1 heterocycles. The van der Waals surface area contributed by atoms with E-state index in [0.29, 0.717) is 6.61 Å². The fourth-order valence-electron chi connectivity index (χ4n) is 2.02. The smallest absolute Gasteiger partial charge is 0.238 e. The van der Waals surface area contributed by atoms with Crippen LogP contribution in [0.1, 0.15) is 13.3 Å². The lowest BCUT2D eigenvalue weighted by Crippen LogP contribution is -2.39. The van der Waals surface area contributed by atoms with Gasteiger partial charge in [0.15, 0.2) is 0 Å². The Morgan fingerprint density at radius 3 is 3.00 bits per heavy atom. The van der Waals surface area contributed by atoms with Gasteiger partial charge >= 0.3 is 0 Å². The van der Waals surface area contributed by atoms with Gasteiger partial charge in [-0.05, 0) is 19.1 Å². The number of amides is 2. The highest BCUT2D eigenvalue weighted by Crippen LogP contribution is 2.36. The second-order valence-electron chi connectivity index (χ2n) is 4.72. The molecule has 0 spiro atoms. The quantitative estimate of drug-likeness (QED) is 0.866. The minimum Gasteiger partial charge on any atom is -0.383 e. The Balaban J connectivity index is 1.94. The predicted octanol–water partition coefficient (Wildman–Crippen LogP) is 1.64. The number of para-hydroxylation sites is 1. The van der Waals surface area contributed by atoms with Crippen LogP contribution >= 0.6 is 11.8 Å². The average molecular weight is 294 g/mol. The van der Waals surface area contributed by atoms with E-state index in [1.165, 1.54) is 11.8 Å². The molecule has 2 unspecified atom stereocenters. The second-order valence-corrected chi connectivity index (χ2v) is 5.96. The number of ether oxygens (including phenoxy) is 1. The van der Waals surface area contributed by atoms with Crippen molar-refractivity contribution in [3.8, 4) is 0 Å². The maximum absolute atomic E-state index is 12.0. The zero-order valence-corrected chi connectivity index (χ0v) is 12.3. The monoisotopic (exact) mass is 294 g/mol. The van der Waals surface area contributed by atoms with E-state index >= 15 is 0 Å². The number of hydrogen-bond acceptors (Lipinski definition) is 4. The molecule has 0 radical (unpaired) electrons. The van der Waals surface area contributed by atoms with Gasteiger partial charge in [0.1, 0.15) is 0 Å². The van der Waals surface area contributed by atoms with Gasteiger partial charge in [-0.1, -0.05) is 12.1 Å². The topological polar surface area (TPSA) is 67.4 Å². The van der Waals surface area contributed by atoms with Gasteiger partial charge in [0.2, 0.25) is 11.8 Å². The molecule has 6 heteroatoms. The lowest BCUT2D eigenvalue weighted by molar-refractivity contribution is -0.124. The molecule has 0 aromatic heterocycles. The minimum atomic E-state index is -0.389. The highest BCUT2D eigenvalue weighted by Gasteiger charge is 2.28. The zero-order chi connectivity index (χ0) is 14.5. The highest BCUT2D eigenvalue weighted by molar-refractivity contribution is 8.01. The number of carbonyl (C=O) groups excluding carboxylic acids is 2. The van der Waals surface area contributed by atoms with E-state index in [1.807, 2.05) is 31.2 Å². The fraction of sp³-hybridized carbons (Fsp3) is 0.429. The fourth-order valence-corrected chi connectivity index (χ4v) is 3.13. The molecular formula is C14H18N2O3S. The molecule has 0 bridgehead atoms. The molecule has 0 saturated carbocycles. The first-order valence-corrected chi connectivity index (χ1v) is 7.33. The van der Waals surface area contributed by atoms with Crippen LogP contribution in [-0.2, 0) is 14.3 Å². The van der Waals surface area contributed by atoms with Gasteiger partial charge in [0.25, 0.3) is 0 Å². The summed E-state index contributed by atoms with van der Waals surface area (Å²) >= 11 is 1.43. The maximum Gasteiger partial charge on any atom is 0.238 e. The number of anilines is 1. The SMILES string of the molecule is COCC(C)NC(=O)CC1Sc2ccccc2NC1=O. The van der Waals surface area contributed by atoms with E-state index in [0.717, 1.165) is 10.6 Å². The Morgan fingerprint density at radius 1 is 1.50 bits per heavy atom. The third kappa shape index (κ3) is 3.74. The number of fused-ring (bicyclic) bond motifs is 1. The molecule has 0 fully saturated rings. The predicted molar refractivity (Wildman–Crippen MR) is 78.8 cm³/mol. The average Bonchev–Trinajstić information content (AvgIpc) is 2.39. The van der Waals surface area contributed by atoms with E-state index in [1.54, 1.807) is 7.11 Å². The van der Waals surface area contributed by atoms with Gasteiger partial charge in [-0.25, -0.2) is 0 Å². The van der Waals surface area contributed by atoms with Gasteiger partial charge in [-0.2, -0.15) is 0 Å². The van der Waals surface area contributed by atoms with E-state index in [-0.39, 0.29) is 29.5 Å². The number of thioether (sulfide) groups is 1. The van der Waals surface area contributed by atoms with Gasteiger partial charge in [0, 0.05) is 24.5 Å². The maximum atomic E-state index is 12.0. The molecule has 1 aliphatic heterocycles. The second kappa shape index (κ2) is 6.76. The normalized spacial score (nSPS) is 18.9. The lowest BCUT2D eigenvalue weighted by Gasteiger charge is -2.24. The number of rotatable bonds is 5. The van der Waals surface area contributed by atoms with Crippen molar-refractivity contribution >= 4 is 29.3 Å². The molecule has 2 amide bonds. The first-order valence-electron chi connectivity index (χ1n) is 6.45. The summed E-state index contributed by atoms with van der Waals surface area (Å²) in [5, 5.41) is 5.26. The molecule has 5 nitrogen and oxygen atoms in total. The molecule has 1 aliphatic rings. The van der Waals surface area contributed by atoms with Crippen LogP contribution in [0.4, 0.5) is 5.69 Å². The number of carbonyl (C=O) groups is 2. The summed E-state index contributed by atoms with van der Waals surface area (Å²) in [6.07, 6.45) is 0.166. The standard InChI is InChI=1S/C14H18N2O3S/c1-9(8-19-2)15-13(17)7-12-14(18)16-10-5-3-4-6-11(10)20-12/h3-6,9,12H,7-8H2,1-2H3,(H,15,17)(H,16,18). The number of benzene rings is 1. The Morgan fingerprint density at radius 2 is 2.25 bits per heavy atom. The Bertz CT molecular complexity index is 507. The molecule has 1 aromatic carbocycles. The van der Waals surface area contributed by atoms with Crippen molar-refractivity contribution in [2.75, 3.05) is 19.0 Å². The summed E-state index contributed by atoms with van der Waals surface area (Å²) in [4.78, 5) is 24.9. The number of hydrogen-bond donors (Lipinski definition) is 2. The van der Waals surface area contributed by atoms with Crippen LogP contribution in [0.5, 0.6) is 0 Å². The summed E-state index contributed by atoms with van der Waals surface area (Å²) in [6, 6.07) is 7.53. The lowest BCUT2D eigenvalue weighted by atomic mass is 10.2. The van der Waals surface area contributed by atoms with E-state index in [4.69, 9.17) is 4.74 Å². The Labute approximate surface area is 122 Å². The summed E-state index contributed by atoms with van der Waals surface area (Å²) < 4.78 is 4.96. The largest absolute Gasteiger partial charge is 0.383 e. The first-order chi connectivity index (χ1) is 9.60. The summed E-state index contributed by atoms with van der Waals surface area (Å²) in [7, 11) is 1.59. The van der Waals surface area contributed by atoms with E-state index in [9.17, 15) is 9.59 Å². The van der Waals surface area contributed by atoms with Crippen molar-refractivity contribution in [2.24, 2.45) is 0 Å². The van der Waals surface area contributed by atoms with Crippen molar-refractivity contribution < 1.29 is 14.3 Å². The molecular weight excluding hydrogens is 276 g/mol. The van der Waals surface area contributed by atoms with Crippen molar-refractivity contribution in [2.45, 2.75) is 29.5 Å². The van der Waals surface area contributed by atoms with Crippen LogP contribution < -0.4 is 10.6 Å². The molecule has 2 rings (SSSR count). The third-order valence-corrected chi connectivity index (χ3v) is 4.18. The Hall–Kier alpha value is -1.53. The minimum absolute atomic E-state index is 0.0589. The first kappa shape index (κ1) is 14.9. The van der Waals surface area contributed by atoms with Gasteiger partial charge in [-0.15, -0.1) is 11.8 Å². The molecule has 0 aliphatic carbocycles. The van der Waals surface area contributed by atoms with Crippen LogP contribution in [0.2, 0.25) is 0 Å². The highest BCUT2D eigenvalue weighted by atomic mass is 32.2. The zero-order valence-electron chi connectivity index (χ0n) is 11.5. The molecule has 2 N–H and O–H groups in total. The van der Waals surface area contributed by atoms with Crippen molar-refractivity contribution in [3.63, 3.8) is 0 Å². The van der Waals surface area contributed by atoms with Crippen LogP contribution in [0, 0.1) is 0 Å². The van der Waals surface area contributed by atoms with Crippen molar-refractivity contribution in [3.05, 3.63) is 24.3 Å². The third-order valence-electron chi connectivity index (χ3n) is 2.90. The van der Waals surface area contributed by atoms with Gasteiger partial charge < -0.3 is 15.4 Å². The van der Waals surface area contributed by atoms with Crippen molar-refractivity contribution in [1.82, 2.24) is 5.32 Å². The molecule has 108 valence electrons. The molecule has 0 saturated heterocycles. The molecule has 2 atom stereocenters. The van der Waals surface area contributed by atoms with Crippen LogP contribution in [0.15, 0.2) is 29.2 Å². The van der Waals surface area contributed by atoms with Crippen LogP contribution in [-0.4, -0.2) is 36.8 Å². The number of nitrogens with one attached hydrogen (secondary N) is 2. The van der Waals surface area contributed by atoms with Crippen LogP contribution in [0.25, 0.3) is 0 Å². The van der Waals surface area contributed by atoms with Gasteiger partial charge in [-0.3, -0.25) is 9.59 Å². The molecule has 1 aromatic rings.